The molecule has 0 unspecified atom stereocenters. The van der Waals surface area contributed by atoms with Crippen molar-refractivity contribution in [3.8, 4) is 0 Å². The van der Waals surface area contributed by atoms with E-state index >= 15 is 0 Å². The molecule has 0 aliphatic heterocycles. The molecule has 158 valence electrons. The van der Waals surface area contributed by atoms with Crippen molar-refractivity contribution in [2.45, 2.75) is 91.3 Å². The summed E-state index contributed by atoms with van der Waals surface area (Å²) in [5, 5.41) is 0. The Bertz CT molecular complexity index is 731. The molecular formula is C28H40O. The van der Waals surface area contributed by atoms with Gasteiger partial charge in [0.25, 0.3) is 0 Å². The molecule has 0 N–H and O–H groups in total. The number of rotatable bonds is 5. The largest absolute Gasteiger partial charge is 0.373 e. The van der Waals surface area contributed by atoms with Crippen LogP contribution in [0.5, 0.6) is 0 Å². The lowest BCUT2D eigenvalue weighted by Crippen LogP contribution is -2.22. The van der Waals surface area contributed by atoms with Crippen LogP contribution in [0.15, 0.2) is 48.5 Å². The molecule has 1 nitrogen and oxygen atoms in total. The second-order valence-electron chi connectivity index (χ2n) is 9.52. The summed E-state index contributed by atoms with van der Waals surface area (Å²) in [7, 11) is 0. The van der Waals surface area contributed by atoms with Gasteiger partial charge >= 0.3 is 0 Å². The van der Waals surface area contributed by atoms with Gasteiger partial charge in [-0.15, -0.1) is 0 Å². The van der Waals surface area contributed by atoms with Gasteiger partial charge < -0.3 is 4.74 Å². The second-order valence-corrected chi connectivity index (χ2v) is 9.52. The standard InChI is InChI=1S/C15H22O.C13H18/c1-12(2)14-9-6-10-15(14)16-11-13-7-4-3-5-8-13;1-10(2)12-9-5-7-11-6-3-4-8-13(11)12/h3-5,7-8,12,14-15H,6,9-11H2,1-2H3;5,7,9-10H,3-4,6,8H2,1-2H3/t14-,15+;/m1./s1. The van der Waals surface area contributed by atoms with Crippen molar-refractivity contribution in [3.63, 3.8) is 0 Å². The molecule has 2 aliphatic rings. The summed E-state index contributed by atoms with van der Waals surface area (Å²) >= 11 is 0. The maximum Gasteiger partial charge on any atom is 0.0720 e. The summed E-state index contributed by atoms with van der Waals surface area (Å²) in [6, 6.07) is 17.3. The lowest BCUT2D eigenvalue weighted by atomic mass is 9.85. The minimum atomic E-state index is 0.486. The van der Waals surface area contributed by atoms with E-state index in [0.29, 0.717) is 12.0 Å². The van der Waals surface area contributed by atoms with Crippen LogP contribution in [0.3, 0.4) is 0 Å². The SMILES string of the molecule is CC(C)[C@H]1CCC[C@@H]1OCc1ccccc1.CC(C)c1cccc2c1CCCC2. The average molecular weight is 393 g/mol. The number of fused-ring (bicyclic) bond motifs is 1. The van der Waals surface area contributed by atoms with Crippen LogP contribution in [-0.2, 0) is 24.2 Å². The molecule has 2 aromatic rings. The van der Waals surface area contributed by atoms with Gasteiger partial charge in [-0.2, -0.15) is 0 Å². The van der Waals surface area contributed by atoms with Crippen LogP contribution < -0.4 is 0 Å². The fraction of sp³-hybridized carbons (Fsp3) is 0.571. The zero-order valence-electron chi connectivity index (χ0n) is 19.0. The second kappa shape index (κ2) is 11.0. The highest BCUT2D eigenvalue weighted by atomic mass is 16.5. The van der Waals surface area contributed by atoms with Crippen LogP contribution in [-0.4, -0.2) is 6.10 Å². The normalized spacial score (nSPS) is 21.0. The van der Waals surface area contributed by atoms with Crippen LogP contribution in [0.4, 0.5) is 0 Å². The van der Waals surface area contributed by atoms with E-state index in [1.807, 2.05) is 0 Å². The summed E-state index contributed by atoms with van der Waals surface area (Å²) in [4.78, 5) is 0. The first-order valence-corrected chi connectivity index (χ1v) is 11.8. The third-order valence-corrected chi connectivity index (χ3v) is 6.72. The Hall–Kier alpha value is -1.60. The molecule has 2 aliphatic carbocycles. The van der Waals surface area contributed by atoms with Crippen molar-refractivity contribution in [2.24, 2.45) is 11.8 Å². The molecule has 0 heterocycles. The maximum absolute atomic E-state index is 6.06. The van der Waals surface area contributed by atoms with Crippen LogP contribution in [0.1, 0.15) is 88.0 Å². The Kier molecular flexibility index (Phi) is 8.36. The molecule has 0 spiro atoms. The number of aryl methyl sites for hydroxylation is 1. The molecule has 1 saturated carbocycles. The zero-order valence-corrected chi connectivity index (χ0v) is 19.0. The van der Waals surface area contributed by atoms with E-state index in [0.717, 1.165) is 18.4 Å². The minimum absolute atomic E-state index is 0.486. The highest BCUT2D eigenvalue weighted by Crippen LogP contribution is 2.34. The van der Waals surface area contributed by atoms with Gasteiger partial charge in [0.1, 0.15) is 0 Å². The lowest BCUT2D eigenvalue weighted by molar-refractivity contribution is 0.00355. The predicted molar refractivity (Wildman–Crippen MR) is 124 cm³/mol. The molecule has 0 aromatic heterocycles. The molecule has 0 radical (unpaired) electrons. The van der Waals surface area contributed by atoms with Crippen LogP contribution in [0, 0.1) is 11.8 Å². The van der Waals surface area contributed by atoms with E-state index in [4.69, 9.17) is 4.74 Å². The number of benzene rings is 2. The average Bonchev–Trinajstić information content (AvgIpc) is 3.22. The third-order valence-electron chi connectivity index (χ3n) is 6.72. The quantitative estimate of drug-likeness (QED) is 0.506. The van der Waals surface area contributed by atoms with Crippen molar-refractivity contribution in [3.05, 3.63) is 70.8 Å². The fourth-order valence-corrected chi connectivity index (χ4v) is 5.05. The van der Waals surface area contributed by atoms with Crippen molar-refractivity contribution >= 4 is 0 Å². The summed E-state index contributed by atoms with van der Waals surface area (Å²) in [6.07, 6.45) is 9.79. The molecule has 4 rings (SSSR count). The molecule has 0 saturated heterocycles. The van der Waals surface area contributed by atoms with E-state index in [1.54, 1.807) is 16.7 Å². The Labute approximate surface area is 178 Å². The lowest BCUT2D eigenvalue weighted by Gasteiger charge is -2.23. The van der Waals surface area contributed by atoms with E-state index in [-0.39, 0.29) is 0 Å². The predicted octanol–water partition coefficient (Wildman–Crippen LogP) is 7.72. The van der Waals surface area contributed by atoms with Crippen LogP contribution in [0.2, 0.25) is 0 Å². The first kappa shape index (κ1) is 22.1. The molecule has 2 aromatic carbocycles. The van der Waals surface area contributed by atoms with Gasteiger partial charge in [0, 0.05) is 0 Å². The molecule has 1 heteroatoms. The van der Waals surface area contributed by atoms with Gasteiger partial charge in [0.15, 0.2) is 0 Å². The Morgan fingerprint density at radius 1 is 0.828 bits per heavy atom. The molecular weight excluding hydrogens is 352 g/mol. The molecule has 2 atom stereocenters. The Morgan fingerprint density at radius 3 is 2.31 bits per heavy atom. The molecule has 0 amide bonds. The number of ether oxygens (including phenoxy) is 1. The molecule has 0 bridgehead atoms. The van der Waals surface area contributed by atoms with Gasteiger partial charge in [-0.3, -0.25) is 0 Å². The van der Waals surface area contributed by atoms with Crippen molar-refractivity contribution in [2.75, 3.05) is 0 Å². The van der Waals surface area contributed by atoms with Crippen molar-refractivity contribution < 1.29 is 4.74 Å². The smallest absolute Gasteiger partial charge is 0.0720 e. The van der Waals surface area contributed by atoms with Gasteiger partial charge in [-0.1, -0.05) is 82.6 Å². The van der Waals surface area contributed by atoms with Crippen molar-refractivity contribution in [1.82, 2.24) is 0 Å². The van der Waals surface area contributed by atoms with Crippen LogP contribution >= 0.6 is 0 Å². The van der Waals surface area contributed by atoms with E-state index in [1.165, 1.54) is 50.5 Å². The summed E-state index contributed by atoms with van der Waals surface area (Å²) in [6.45, 7) is 9.99. The summed E-state index contributed by atoms with van der Waals surface area (Å²) in [5.41, 5.74) is 6.13. The first-order valence-electron chi connectivity index (χ1n) is 11.8. The van der Waals surface area contributed by atoms with Crippen molar-refractivity contribution in [1.29, 1.82) is 0 Å². The zero-order chi connectivity index (χ0) is 20.6. The number of hydrogen-bond acceptors (Lipinski definition) is 1. The minimum Gasteiger partial charge on any atom is -0.373 e. The summed E-state index contributed by atoms with van der Waals surface area (Å²) in [5.74, 6) is 2.21. The first-order chi connectivity index (χ1) is 14.1. The van der Waals surface area contributed by atoms with Crippen LogP contribution in [0.25, 0.3) is 0 Å². The highest BCUT2D eigenvalue weighted by Gasteiger charge is 2.30. The topological polar surface area (TPSA) is 9.23 Å². The maximum atomic E-state index is 6.06. The Morgan fingerprint density at radius 2 is 1.59 bits per heavy atom. The molecule has 1 fully saturated rings. The van der Waals surface area contributed by atoms with E-state index in [2.05, 4.69) is 76.2 Å². The third kappa shape index (κ3) is 6.19. The van der Waals surface area contributed by atoms with Gasteiger partial charge in [0.05, 0.1) is 12.7 Å². The monoisotopic (exact) mass is 392 g/mol. The highest BCUT2D eigenvalue weighted by molar-refractivity contribution is 5.38. The van der Waals surface area contributed by atoms with E-state index < -0.39 is 0 Å². The van der Waals surface area contributed by atoms with Gasteiger partial charge in [-0.05, 0) is 78.5 Å². The summed E-state index contributed by atoms with van der Waals surface area (Å²) < 4.78 is 6.06. The molecule has 29 heavy (non-hydrogen) atoms. The Balaban J connectivity index is 0.000000169. The number of hydrogen-bond donors (Lipinski definition) is 0. The van der Waals surface area contributed by atoms with Gasteiger partial charge in [0.2, 0.25) is 0 Å². The van der Waals surface area contributed by atoms with Gasteiger partial charge in [-0.25, -0.2) is 0 Å². The van der Waals surface area contributed by atoms with E-state index in [9.17, 15) is 0 Å². The fourth-order valence-electron chi connectivity index (χ4n) is 5.05.